The summed E-state index contributed by atoms with van der Waals surface area (Å²) in [7, 11) is 1.61. The van der Waals surface area contributed by atoms with E-state index < -0.39 is 0 Å². The van der Waals surface area contributed by atoms with Gasteiger partial charge >= 0.3 is 0 Å². The van der Waals surface area contributed by atoms with Crippen molar-refractivity contribution in [2.24, 2.45) is 5.16 Å². The zero-order valence-corrected chi connectivity index (χ0v) is 20.9. The first kappa shape index (κ1) is 31.9. The van der Waals surface area contributed by atoms with Crippen LogP contribution in [0.5, 0.6) is 0 Å². The monoisotopic (exact) mass is 503 g/mol. The number of ether oxygens (including phenoxy) is 1. The van der Waals surface area contributed by atoms with E-state index in [-0.39, 0.29) is 19.0 Å². The zero-order valence-electron chi connectivity index (χ0n) is 20.9. The van der Waals surface area contributed by atoms with E-state index >= 15 is 0 Å². The van der Waals surface area contributed by atoms with Crippen LogP contribution in [0.25, 0.3) is 0 Å². The summed E-state index contributed by atoms with van der Waals surface area (Å²) < 4.78 is 6.17. The highest BCUT2D eigenvalue weighted by Gasteiger charge is 2.53. The number of nitrogens with zero attached hydrogens (tertiary/aromatic N) is 1. The Hall–Kier alpha value is -1.10. The van der Waals surface area contributed by atoms with Crippen LogP contribution in [0.4, 0.5) is 0 Å². The van der Waals surface area contributed by atoms with E-state index in [2.05, 4.69) is 15.0 Å². The average Bonchev–Trinajstić information content (AvgIpc) is 3.19. The van der Waals surface area contributed by atoms with Crippen LogP contribution in [0.15, 0.2) is 5.16 Å². The Morgan fingerprint density at radius 3 is 1.40 bits per heavy atom. The maximum Gasteiger partial charge on any atom is 0.204 e. The number of hydrogen-bond acceptors (Lipinski definition) is 9. The molecule has 2 N–H and O–H groups in total. The SMILES string of the molecule is C.C1CCC2(CC1)OOC1(CCCCC1)O2.CON=C1CCCCC1.O=C1CCCCC1.OOO. The molecule has 0 aromatic heterocycles. The van der Waals surface area contributed by atoms with E-state index in [9.17, 15) is 4.79 Å². The third kappa shape index (κ3) is 12.1. The van der Waals surface area contributed by atoms with E-state index in [0.717, 1.165) is 64.2 Å². The lowest BCUT2D eigenvalue weighted by Gasteiger charge is -2.33. The van der Waals surface area contributed by atoms with Gasteiger partial charge in [0, 0.05) is 38.5 Å². The average molecular weight is 504 g/mol. The van der Waals surface area contributed by atoms with Gasteiger partial charge in [0.05, 0.1) is 5.71 Å². The van der Waals surface area contributed by atoms with E-state index in [1.807, 2.05) is 0 Å². The lowest BCUT2D eigenvalue weighted by molar-refractivity contribution is -0.465. The number of carbonyl (C=O) groups is 1. The third-order valence-corrected chi connectivity index (χ3v) is 7.01. The van der Waals surface area contributed by atoms with Gasteiger partial charge in [0.2, 0.25) is 11.6 Å². The van der Waals surface area contributed by atoms with Crippen molar-refractivity contribution >= 4 is 11.5 Å². The Labute approximate surface area is 211 Å². The van der Waals surface area contributed by atoms with E-state index in [1.165, 1.54) is 69.9 Å². The van der Waals surface area contributed by atoms with Gasteiger partial charge in [-0.05, 0) is 64.2 Å². The number of hydrogen-bond donors (Lipinski definition) is 2. The second-order valence-electron chi connectivity index (χ2n) is 9.79. The molecular weight excluding hydrogens is 454 g/mol. The van der Waals surface area contributed by atoms with Gasteiger partial charge in [-0.2, -0.15) is 9.78 Å². The highest BCUT2D eigenvalue weighted by Crippen LogP contribution is 2.47. The molecule has 206 valence electrons. The Kier molecular flexibility index (Phi) is 16.6. The lowest BCUT2D eigenvalue weighted by Crippen LogP contribution is -2.39. The lowest BCUT2D eigenvalue weighted by atomic mass is 9.91. The summed E-state index contributed by atoms with van der Waals surface area (Å²) in [4.78, 5) is 26.2. The summed E-state index contributed by atoms with van der Waals surface area (Å²) in [5, 5.41) is 19.4. The van der Waals surface area contributed by atoms with Crippen LogP contribution in [-0.2, 0) is 29.2 Å². The van der Waals surface area contributed by atoms with Crippen LogP contribution in [0, 0.1) is 0 Å². The number of oxime groups is 1. The van der Waals surface area contributed by atoms with Gasteiger partial charge in [-0.3, -0.25) is 4.79 Å². The second kappa shape index (κ2) is 18.2. The van der Waals surface area contributed by atoms with E-state index in [4.69, 9.17) is 25.0 Å². The standard InChI is InChI=1S/C12H20O3.C7H13NO.C6H10O.CH4.H2O3/c1-3-7-11(8-4-1)13-12(15-14-11)9-5-2-6-10-12;1-9-8-7-5-3-2-4-6-7;7-6-4-2-1-3-5-6;;1-3-2/h1-10H2;2-6H2,1H3;1-5H2;1H4;1-2H. The quantitative estimate of drug-likeness (QED) is 0.282. The first-order chi connectivity index (χ1) is 16.6. The molecule has 1 heterocycles. The summed E-state index contributed by atoms with van der Waals surface area (Å²) in [6.45, 7) is 0. The van der Waals surface area contributed by atoms with Crippen molar-refractivity contribution in [3.05, 3.63) is 0 Å². The Morgan fingerprint density at radius 1 is 0.686 bits per heavy atom. The molecule has 9 heteroatoms. The summed E-state index contributed by atoms with van der Waals surface area (Å²) in [5.41, 5.74) is 1.24. The van der Waals surface area contributed by atoms with Gasteiger partial charge < -0.3 is 9.57 Å². The Morgan fingerprint density at radius 2 is 1.06 bits per heavy atom. The molecule has 4 saturated carbocycles. The minimum Gasteiger partial charge on any atom is -0.399 e. The summed E-state index contributed by atoms with van der Waals surface area (Å²) in [6.07, 6.45) is 23.0. The molecule has 4 aliphatic carbocycles. The fourth-order valence-electron chi connectivity index (χ4n) is 5.20. The minimum atomic E-state index is -0.379. The molecule has 0 aromatic carbocycles. The van der Waals surface area contributed by atoms with Crippen molar-refractivity contribution in [3.63, 3.8) is 0 Å². The molecule has 0 atom stereocenters. The van der Waals surface area contributed by atoms with Gasteiger partial charge in [-0.25, -0.2) is 10.5 Å². The van der Waals surface area contributed by atoms with Gasteiger partial charge in [0.1, 0.15) is 12.9 Å². The predicted molar refractivity (Wildman–Crippen MR) is 134 cm³/mol. The van der Waals surface area contributed by atoms with Crippen molar-refractivity contribution in [2.75, 3.05) is 7.11 Å². The van der Waals surface area contributed by atoms with Crippen LogP contribution in [0.3, 0.4) is 0 Å². The van der Waals surface area contributed by atoms with E-state index in [0.29, 0.717) is 5.78 Å². The normalized spacial score (nSPS) is 24.4. The van der Waals surface area contributed by atoms with Crippen LogP contribution in [0.2, 0.25) is 0 Å². The van der Waals surface area contributed by atoms with Gasteiger partial charge in [-0.1, -0.05) is 43.3 Å². The number of ketones is 1. The molecule has 5 rings (SSSR count). The van der Waals surface area contributed by atoms with Crippen molar-refractivity contribution in [3.8, 4) is 0 Å². The molecular formula is C26H49NO8. The van der Waals surface area contributed by atoms with Gasteiger partial charge in [-0.15, -0.1) is 0 Å². The Balaban J connectivity index is 0.000000264. The largest absolute Gasteiger partial charge is 0.399 e. The van der Waals surface area contributed by atoms with Crippen LogP contribution < -0.4 is 0 Å². The smallest absolute Gasteiger partial charge is 0.204 e. The molecule has 1 aliphatic heterocycles. The van der Waals surface area contributed by atoms with Crippen LogP contribution >= 0.6 is 0 Å². The molecule has 35 heavy (non-hydrogen) atoms. The van der Waals surface area contributed by atoms with Crippen molar-refractivity contribution in [1.82, 2.24) is 0 Å². The Bertz CT molecular complexity index is 546. The van der Waals surface area contributed by atoms with Crippen molar-refractivity contribution < 1.29 is 39.7 Å². The predicted octanol–water partition coefficient (Wildman–Crippen LogP) is 7.34. The molecule has 0 amide bonds. The van der Waals surface area contributed by atoms with Gasteiger partial charge in [0.15, 0.2) is 0 Å². The molecule has 0 radical (unpaired) electrons. The maximum absolute atomic E-state index is 10.5. The molecule has 5 aliphatic rings. The van der Waals surface area contributed by atoms with Gasteiger partial charge in [0.25, 0.3) is 0 Å². The molecule has 0 unspecified atom stereocenters. The summed E-state index contributed by atoms with van der Waals surface area (Å²) >= 11 is 0. The maximum atomic E-state index is 10.5. The minimum absolute atomic E-state index is 0. The first-order valence-electron chi connectivity index (χ1n) is 13.2. The summed E-state index contributed by atoms with van der Waals surface area (Å²) in [5.74, 6) is -0.295. The zero-order chi connectivity index (χ0) is 24.5. The van der Waals surface area contributed by atoms with Crippen molar-refractivity contribution in [2.45, 2.75) is 147 Å². The summed E-state index contributed by atoms with van der Waals surface area (Å²) in [6, 6.07) is 0. The first-order valence-corrected chi connectivity index (χ1v) is 13.2. The molecule has 0 bridgehead atoms. The molecule has 5 fully saturated rings. The molecule has 1 saturated heterocycles. The van der Waals surface area contributed by atoms with E-state index in [1.54, 1.807) is 7.11 Å². The molecule has 9 nitrogen and oxygen atoms in total. The highest BCUT2D eigenvalue weighted by molar-refractivity contribution is 5.84. The number of rotatable bonds is 1. The fraction of sp³-hybridized carbons (Fsp3) is 0.923. The fourth-order valence-corrected chi connectivity index (χ4v) is 5.20. The number of Topliss-reactive ketones (excluding diaryl/α,β-unsaturated/α-hetero) is 1. The van der Waals surface area contributed by atoms with Crippen LogP contribution in [-0.4, -0.2) is 40.7 Å². The van der Waals surface area contributed by atoms with Crippen molar-refractivity contribution in [1.29, 1.82) is 0 Å². The topological polar surface area (TPSA) is 116 Å². The number of carbonyl (C=O) groups excluding carboxylic acids is 1. The molecule has 2 spiro atoms. The second-order valence-corrected chi connectivity index (χ2v) is 9.79. The highest BCUT2D eigenvalue weighted by atomic mass is 17.4. The van der Waals surface area contributed by atoms with Crippen LogP contribution in [0.1, 0.15) is 136 Å². The molecule has 0 aromatic rings. The third-order valence-electron chi connectivity index (χ3n) is 7.01.